The smallest absolute Gasteiger partial charge is 0.280 e. The minimum absolute atomic E-state index is 0.137. The molecule has 1 rings (SSSR count). The normalized spacial score (nSPS) is 12.0. The van der Waals surface area contributed by atoms with Crippen molar-refractivity contribution < 1.29 is 9.72 Å². The van der Waals surface area contributed by atoms with E-state index in [1.807, 2.05) is 18.2 Å². The highest BCUT2D eigenvalue weighted by atomic mass is 32.2. The van der Waals surface area contributed by atoms with Crippen molar-refractivity contribution in [1.29, 1.82) is 0 Å². The number of thioether (sulfide) groups is 1. The molecule has 0 fully saturated rings. The number of ketones is 1. The molecule has 0 amide bonds. The number of hydrogen-bond donors (Lipinski definition) is 0. The lowest BCUT2D eigenvalue weighted by molar-refractivity contribution is -0.385. The molecule has 0 bridgehead atoms. The number of Topliss-reactive ketones (excluding diaryl/α,β-unsaturated/α-hetero) is 1. The Morgan fingerprint density at radius 3 is 2.63 bits per heavy atom. The predicted molar refractivity (Wildman–Crippen MR) is 79.3 cm³/mol. The standard InChI is InChI=1S/C13H18N2O3S/c1-9(8-19-4)14(3)11-5-6-13(15(17)18)12(7-11)10(2)16/h5-7,9H,8H2,1-4H3. The summed E-state index contributed by atoms with van der Waals surface area (Å²) in [6.45, 7) is 3.42. The second kappa shape index (κ2) is 6.56. The topological polar surface area (TPSA) is 63.4 Å². The minimum atomic E-state index is -0.522. The van der Waals surface area contributed by atoms with E-state index in [0.717, 1.165) is 11.4 Å². The van der Waals surface area contributed by atoms with Crippen LogP contribution in [0.4, 0.5) is 11.4 Å². The maximum atomic E-state index is 11.5. The Labute approximate surface area is 117 Å². The lowest BCUT2D eigenvalue weighted by Crippen LogP contribution is -2.30. The van der Waals surface area contributed by atoms with Crippen molar-refractivity contribution in [3.05, 3.63) is 33.9 Å². The van der Waals surface area contributed by atoms with E-state index < -0.39 is 4.92 Å². The number of rotatable bonds is 6. The van der Waals surface area contributed by atoms with Gasteiger partial charge in [0.05, 0.1) is 10.5 Å². The number of carbonyl (C=O) groups is 1. The lowest BCUT2D eigenvalue weighted by Gasteiger charge is -2.26. The first-order chi connectivity index (χ1) is 8.88. The van der Waals surface area contributed by atoms with Gasteiger partial charge in [0, 0.05) is 30.6 Å². The van der Waals surface area contributed by atoms with Gasteiger partial charge in [-0.3, -0.25) is 14.9 Å². The summed E-state index contributed by atoms with van der Waals surface area (Å²) in [7, 11) is 1.92. The molecule has 0 aliphatic heterocycles. The number of hydrogen-bond acceptors (Lipinski definition) is 5. The third-order valence-corrected chi connectivity index (χ3v) is 3.85. The predicted octanol–water partition coefficient (Wildman–Crippen LogP) is 2.99. The van der Waals surface area contributed by atoms with Crippen LogP contribution in [-0.2, 0) is 0 Å². The summed E-state index contributed by atoms with van der Waals surface area (Å²) < 4.78 is 0. The molecule has 0 aliphatic carbocycles. The van der Waals surface area contributed by atoms with E-state index in [-0.39, 0.29) is 23.1 Å². The zero-order chi connectivity index (χ0) is 14.6. The SMILES string of the molecule is CSCC(C)N(C)c1ccc([N+](=O)[O-])c(C(C)=O)c1. The van der Waals surface area contributed by atoms with Crippen LogP contribution in [0.25, 0.3) is 0 Å². The van der Waals surface area contributed by atoms with Gasteiger partial charge >= 0.3 is 0 Å². The summed E-state index contributed by atoms with van der Waals surface area (Å²) >= 11 is 1.73. The van der Waals surface area contributed by atoms with Crippen molar-refractivity contribution >= 4 is 28.9 Å². The molecule has 0 N–H and O–H groups in total. The van der Waals surface area contributed by atoms with Crippen LogP contribution in [0.2, 0.25) is 0 Å². The molecule has 1 aromatic rings. The first kappa shape index (κ1) is 15.5. The van der Waals surface area contributed by atoms with Crippen LogP contribution in [0.15, 0.2) is 18.2 Å². The molecule has 0 heterocycles. The van der Waals surface area contributed by atoms with Crippen molar-refractivity contribution in [2.45, 2.75) is 19.9 Å². The Hall–Kier alpha value is -1.56. The third kappa shape index (κ3) is 3.70. The molecule has 0 spiro atoms. The molecule has 5 nitrogen and oxygen atoms in total. The van der Waals surface area contributed by atoms with Gasteiger partial charge in [0.1, 0.15) is 0 Å². The van der Waals surface area contributed by atoms with E-state index in [9.17, 15) is 14.9 Å². The van der Waals surface area contributed by atoms with Crippen molar-refractivity contribution in [3.8, 4) is 0 Å². The summed E-state index contributed by atoms with van der Waals surface area (Å²) in [6, 6.07) is 4.96. The maximum Gasteiger partial charge on any atom is 0.280 e. The Morgan fingerprint density at radius 1 is 1.53 bits per heavy atom. The van der Waals surface area contributed by atoms with E-state index in [2.05, 4.69) is 6.92 Å². The molecule has 0 aromatic heterocycles. The van der Waals surface area contributed by atoms with Gasteiger partial charge in [-0.1, -0.05) is 0 Å². The van der Waals surface area contributed by atoms with E-state index in [1.165, 1.54) is 13.0 Å². The molecule has 104 valence electrons. The van der Waals surface area contributed by atoms with Crippen LogP contribution in [0, 0.1) is 10.1 Å². The van der Waals surface area contributed by atoms with Gasteiger partial charge in [0.2, 0.25) is 0 Å². The molecule has 0 saturated carbocycles. The number of nitro groups is 1. The number of benzene rings is 1. The average Bonchev–Trinajstić information content (AvgIpc) is 2.37. The Kier molecular flexibility index (Phi) is 5.35. The molecular weight excluding hydrogens is 264 g/mol. The monoisotopic (exact) mass is 282 g/mol. The summed E-state index contributed by atoms with van der Waals surface area (Å²) in [5, 5.41) is 10.9. The van der Waals surface area contributed by atoms with Crippen LogP contribution in [0.1, 0.15) is 24.2 Å². The van der Waals surface area contributed by atoms with Crippen molar-refractivity contribution in [1.82, 2.24) is 0 Å². The highest BCUT2D eigenvalue weighted by Crippen LogP contribution is 2.26. The zero-order valence-electron chi connectivity index (χ0n) is 11.5. The maximum absolute atomic E-state index is 11.5. The Balaban J connectivity index is 3.15. The van der Waals surface area contributed by atoms with E-state index in [0.29, 0.717) is 0 Å². The first-order valence-corrected chi connectivity index (χ1v) is 7.29. The average molecular weight is 282 g/mol. The van der Waals surface area contributed by atoms with Crippen LogP contribution in [0.3, 0.4) is 0 Å². The van der Waals surface area contributed by atoms with Crippen molar-refractivity contribution in [3.63, 3.8) is 0 Å². The van der Waals surface area contributed by atoms with E-state index in [4.69, 9.17) is 0 Å². The van der Waals surface area contributed by atoms with Crippen LogP contribution in [0.5, 0.6) is 0 Å². The first-order valence-electron chi connectivity index (χ1n) is 5.89. The second-order valence-corrected chi connectivity index (χ2v) is 5.34. The largest absolute Gasteiger partial charge is 0.371 e. The molecule has 19 heavy (non-hydrogen) atoms. The highest BCUT2D eigenvalue weighted by Gasteiger charge is 2.19. The molecule has 1 aromatic carbocycles. The van der Waals surface area contributed by atoms with Crippen LogP contribution < -0.4 is 4.90 Å². The number of nitro benzene ring substituents is 1. The number of carbonyl (C=O) groups excluding carboxylic acids is 1. The summed E-state index contributed by atoms with van der Waals surface area (Å²) in [5.74, 6) is 0.655. The van der Waals surface area contributed by atoms with E-state index >= 15 is 0 Å². The Morgan fingerprint density at radius 2 is 2.16 bits per heavy atom. The molecule has 1 unspecified atom stereocenters. The molecular formula is C13H18N2O3S. The van der Waals surface area contributed by atoms with Gasteiger partial charge in [-0.05, 0) is 32.2 Å². The van der Waals surface area contributed by atoms with Gasteiger partial charge in [-0.25, -0.2) is 0 Å². The molecule has 0 saturated heterocycles. The second-order valence-electron chi connectivity index (χ2n) is 4.43. The summed E-state index contributed by atoms with van der Waals surface area (Å²) in [4.78, 5) is 23.9. The molecule has 0 radical (unpaired) electrons. The quantitative estimate of drug-likeness (QED) is 0.456. The number of nitrogens with zero attached hydrogens (tertiary/aromatic N) is 2. The number of anilines is 1. The van der Waals surface area contributed by atoms with Gasteiger partial charge in [0.15, 0.2) is 5.78 Å². The molecule has 6 heteroatoms. The summed E-state index contributed by atoms with van der Waals surface area (Å²) in [5.41, 5.74) is 0.838. The molecule has 1 atom stereocenters. The fourth-order valence-corrected chi connectivity index (χ4v) is 2.50. The molecule has 0 aliphatic rings. The lowest BCUT2D eigenvalue weighted by atomic mass is 10.1. The van der Waals surface area contributed by atoms with Crippen LogP contribution in [-0.4, -0.2) is 35.8 Å². The Bertz CT molecular complexity index is 491. The minimum Gasteiger partial charge on any atom is -0.371 e. The van der Waals surface area contributed by atoms with Gasteiger partial charge in [-0.15, -0.1) is 0 Å². The summed E-state index contributed by atoms with van der Waals surface area (Å²) in [6.07, 6.45) is 2.03. The van der Waals surface area contributed by atoms with E-state index in [1.54, 1.807) is 23.9 Å². The van der Waals surface area contributed by atoms with Gasteiger partial charge < -0.3 is 4.90 Å². The van der Waals surface area contributed by atoms with Crippen LogP contribution >= 0.6 is 11.8 Å². The van der Waals surface area contributed by atoms with Gasteiger partial charge in [-0.2, -0.15) is 11.8 Å². The van der Waals surface area contributed by atoms with Gasteiger partial charge in [0.25, 0.3) is 5.69 Å². The highest BCUT2D eigenvalue weighted by molar-refractivity contribution is 7.98. The fourth-order valence-electron chi connectivity index (χ4n) is 1.79. The van der Waals surface area contributed by atoms with Crippen molar-refractivity contribution in [2.24, 2.45) is 0 Å². The fraction of sp³-hybridized carbons (Fsp3) is 0.462. The third-order valence-electron chi connectivity index (χ3n) is 3.03. The van der Waals surface area contributed by atoms with Crippen molar-refractivity contribution in [2.75, 3.05) is 24.0 Å². The zero-order valence-corrected chi connectivity index (χ0v) is 12.4.